The van der Waals surface area contributed by atoms with Gasteiger partial charge in [0.05, 0.1) is 11.0 Å². The lowest BCUT2D eigenvalue weighted by atomic mass is 10.3. The monoisotopic (exact) mass is 216 g/mol. The number of rotatable bonds is 3. The fraction of sp³-hybridized carbons (Fsp3) is 0.417. The first-order valence-corrected chi connectivity index (χ1v) is 5.80. The van der Waals surface area contributed by atoms with Crippen molar-refractivity contribution in [2.24, 2.45) is 0 Å². The molecule has 84 valence electrons. The van der Waals surface area contributed by atoms with Crippen LogP contribution >= 0.6 is 0 Å². The quantitative estimate of drug-likeness (QED) is 0.773. The molecule has 3 rings (SSSR count). The van der Waals surface area contributed by atoms with E-state index in [0.717, 1.165) is 29.2 Å². The highest BCUT2D eigenvalue weighted by Crippen LogP contribution is 2.31. The van der Waals surface area contributed by atoms with Gasteiger partial charge in [0, 0.05) is 18.3 Å². The van der Waals surface area contributed by atoms with Crippen molar-refractivity contribution in [2.45, 2.75) is 25.8 Å². The van der Waals surface area contributed by atoms with E-state index in [0.29, 0.717) is 6.04 Å². The van der Waals surface area contributed by atoms with Gasteiger partial charge in [0.1, 0.15) is 0 Å². The molecule has 0 unspecified atom stereocenters. The SMILES string of the molecule is CCN(c1nc2ccc(N)cc2[nH]1)C1CC1. The maximum absolute atomic E-state index is 5.75. The molecule has 1 heterocycles. The van der Waals surface area contributed by atoms with Crippen molar-refractivity contribution >= 4 is 22.7 Å². The summed E-state index contributed by atoms with van der Waals surface area (Å²) in [7, 11) is 0. The molecular weight excluding hydrogens is 200 g/mol. The molecule has 0 spiro atoms. The van der Waals surface area contributed by atoms with Gasteiger partial charge in [-0.1, -0.05) is 0 Å². The molecule has 1 saturated carbocycles. The summed E-state index contributed by atoms with van der Waals surface area (Å²) in [5, 5.41) is 0. The molecule has 2 aromatic rings. The Labute approximate surface area is 94.5 Å². The standard InChI is InChI=1S/C12H16N4/c1-2-16(9-4-5-9)12-14-10-6-3-8(13)7-11(10)15-12/h3,6-7,9H,2,4-5,13H2,1H3,(H,14,15). The molecule has 16 heavy (non-hydrogen) atoms. The Hall–Kier alpha value is -1.71. The molecule has 3 N–H and O–H groups in total. The van der Waals surface area contributed by atoms with Gasteiger partial charge in [-0.15, -0.1) is 0 Å². The van der Waals surface area contributed by atoms with Gasteiger partial charge in [-0.05, 0) is 38.0 Å². The summed E-state index contributed by atoms with van der Waals surface area (Å²) in [6, 6.07) is 6.47. The van der Waals surface area contributed by atoms with Crippen molar-refractivity contribution in [3.63, 3.8) is 0 Å². The molecule has 0 aliphatic heterocycles. The zero-order chi connectivity index (χ0) is 11.1. The van der Waals surface area contributed by atoms with Gasteiger partial charge in [0.25, 0.3) is 0 Å². The smallest absolute Gasteiger partial charge is 0.204 e. The number of hydrogen-bond donors (Lipinski definition) is 2. The van der Waals surface area contributed by atoms with E-state index in [4.69, 9.17) is 5.73 Å². The average Bonchev–Trinajstić information content (AvgIpc) is 2.99. The van der Waals surface area contributed by atoms with Gasteiger partial charge in [0.2, 0.25) is 5.95 Å². The van der Waals surface area contributed by atoms with Gasteiger partial charge in [-0.2, -0.15) is 0 Å². The van der Waals surface area contributed by atoms with Gasteiger partial charge in [-0.3, -0.25) is 0 Å². The van der Waals surface area contributed by atoms with Gasteiger partial charge in [0.15, 0.2) is 0 Å². The summed E-state index contributed by atoms with van der Waals surface area (Å²) < 4.78 is 0. The number of nitrogen functional groups attached to an aromatic ring is 1. The lowest BCUT2D eigenvalue weighted by Gasteiger charge is -2.18. The minimum absolute atomic E-state index is 0.683. The number of H-pyrrole nitrogens is 1. The summed E-state index contributed by atoms with van der Waals surface area (Å²) in [5.41, 5.74) is 8.54. The second-order valence-corrected chi connectivity index (χ2v) is 4.35. The molecule has 1 aromatic carbocycles. The largest absolute Gasteiger partial charge is 0.399 e. The zero-order valence-corrected chi connectivity index (χ0v) is 9.40. The molecule has 0 atom stereocenters. The predicted octanol–water partition coefficient (Wildman–Crippen LogP) is 2.13. The van der Waals surface area contributed by atoms with Gasteiger partial charge >= 0.3 is 0 Å². The number of hydrogen-bond acceptors (Lipinski definition) is 3. The van der Waals surface area contributed by atoms with Crippen molar-refractivity contribution in [1.29, 1.82) is 0 Å². The molecule has 1 fully saturated rings. The van der Waals surface area contributed by atoms with Crippen molar-refractivity contribution < 1.29 is 0 Å². The molecule has 1 aliphatic rings. The van der Waals surface area contributed by atoms with Crippen LogP contribution in [0.5, 0.6) is 0 Å². The van der Waals surface area contributed by atoms with Crippen LogP contribution in [0, 0.1) is 0 Å². The summed E-state index contributed by atoms with van der Waals surface area (Å²) >= 11 is 0. The van der Waals surface area contributed by atoms with Crippen molar-refractivity contribution in [1.82, 2.24) is 9.97 Å². The Balaban J connectivity index is 2.03. The van der Waals surface area contributed by atoms with E-state index in [-0.39, 0.29) is 0 Å². The number of aromatic amines is 1. The first kappa shape index (κ1) is 9.51. The van der Waals surface area contributed by atoms with E-state index >= 15 is 0 Å². The number of fused-ring (bicyclic) bond motifs is 1. The Morgan fingerprint density at radius 2 is 2.31 bits per heavy atom. The molecule has 0 bridgehead atoms. The van der Waals surface area contributed by atoms with Crippen LogP contribution < -0.4 is 10.6 Å². The Morgan fingerprint density at radius 3 is 3.00 bits per heavy atom. The molecule has 4 heteroatoms. The fourth-order valence-electron chi connectivity index (χ4n) is 2.12. The molecule has 1 aromatic heterocycles. The minimum atomic E-state index is 0.683. The predicted molar refractivity (Wildman–Crippen MR) is 66.5 cm³/mol. The Kier molecular flexibility index (Phi) is 2.02. The maximum Gasteiger partial charge on any atom is 0.204 e. The minimum Gasteiger partial charge on any atom is -0.399 e. The summed E-state index contributed by atoms with van der Waals surface area (Å²) in [6.45, 7) is 3.17. The van der Waals surface area contributed by atoms with Gasteiger partial charge < -0.3 is 15.6 Å². The van der Waals surface area contributed by atoms with E-state index in [1.54, 1.807) is 0 Å². The Morgan fingerprint density at radius 1 is 1.50 bits per heavy atom. The molecular formula is C12H16N4. The van der Waals surface area contributed by atoms with Crippen LogP contribution in [-0.4, -0.2) is 22.6 Å². The zero-order valence-electron chi connectivity index (χ0n) is 9.40. The van der Waals surface area contributed by atoms with E-state index in [1.165, 1.54) is 12.8 Å². The second kappa shape index (κ2) is 3.40. The van der Waals surface area contributed by atoms with Crippen LogP contribution in [0.15, 0.2) is 18.2 Å². The van der Waals surface area contributed by atoms with E-state index in [1.807, 2.05) is 18.2 Å². The van der Waals surface area contributed by atoms with Crippen molar-refractivity contribution in [3.05, 3.63) is 18.2 Å². The summed E-state index contributed by atoms with van der Waals surface area (Å²) in [4.78, 5) is 10.3. The molecule has 0 amide bonds. The third-order valence-corrected chi connectivity index (χ3v) is 3.09. The highest BCUT2D eigenvalue weighted by molar-refractivity contribution is 5.81. The van der Waals surface area contributed by atoms with Crippen LogP contribution in [0.3, 0.4) is 0 Å². The van der Waals surface area contributed by atoms with Crippen LogP contribution in [0.1, 0.15) is 19.8 Å². The number of nitrogens with two attached hydrogens (primary N) is 1. The van der Waals surface area contributed by atoms with Crippen molar-refractivity contribution in [3.8, 4) is 0 Å². The first-order chi connectivity index (χ1) is 7.78. The van der Waals surface area contributed by atoms with Crippen LogP contribution in [0.25, 0.3) is 11.0 Å². The van der Waals surface area contributed by atoms with E-state index < -0.39 is 0 Å². The van der Waals surface area contributed by atoms with E-state index in [2.05, 4.69) is 21.8 Å². The first-order valence-electron chi connectivity index (χ1n) is 5.80. The number of nitrogens with one attached hydrogen (secondary N) is 1. The molecule has 0 radical (unpaired) electrons. The normalized spacial score (nSPS) is 15.6. The van der Waals surface area contributed by atoms with E-state index in [9.17, 15) is 0 Å². The molecule has 1 aliphatic carbocycles. The summed E-state index contributed by atoms with van der Waals surface area (Å²) in [6.07, 6.45) is 2.57. The average molecular weight is 216 g/mol. The lowest BCUT2D eigenvalue weighted by Crippen LogP contribution is -2.25. The number of aromatic nitrogens is 2. The topological polar surface area (TPSA) is 57.9 Å². The lowest BCUT2D eigenvalue weighted by molar-refractivity contribution is 0.798. The van der Waals surface area contributed by atoms with Crippen LogP contribution in [0.4, 0.5) is 11.6 Å². The number of anilines is 2. The highest BCUT2D eigenvalue weighted by atomic mass is 15.3. The second-order valence-electron chi connectivity index (χ2n) is 4.35. The van der Waals surface area contributed by atoms with Crippen molar-refractivity contribution in [2.75, 3.05) is 17.2 Å². The summed E-state index contributed by atoms with van der Waals surface area (Å²) in [5.74, 6) is 0.977. The third-order valence-electron chi connectivity index (χ3n) is 3.09. The van der Waals surface area contributed by atoms with Gasteiger partial charge in [-0.25, -0.2) is 4.98 Å². The third kappa shape index (κ3) is 1.50. The number of imidazole rings is 1. The van der Waals surface area contributed by atoms with Crippen LogP contribution in [-0.2, 0) is 0 Å². The molecule has 4 nitrogen and oxygen atoms in total. The fourth-order valence-corrected chi connectivity index (χ4v) is 2.12. The number of benzene rings is 1. The highest BCUT2D eigenvalue weighted by Gasteiger charge is 2.29. The maximum atomic E-state index is 5.75. The van der Waals surface area contributed by atoms with Crippen LogP contribution in [0.2, 0.25) is 0 Å². The Bertz CT molecular complexity index is 513. The molecule has 0 saturated heterocycles. The number of nitrogens with zero attached hydrogens (tertiary/aromatic N) is 2.